The molecule has 0 aromatic rings. The largest absolute Gasteiger partial charge is 0.469 e. The molecular formula is C16H28O4. The lowest BCUT2D eigenvalue weighted by molar-refractivity contribution is -0.142. The van der Waals surface area contributed by atoms with Crippen LogP contribution in [0.25, 0.3) is 0 Å². The Morgan fingerprint density at radius 2 is 1.65 bits per heavy atom. The Morgan fingerprint density at radius 3 is 2.20 bits per heavy atom. The minimum atomic E-state index is -0.688. The van der Waals surface area contributed by atoms with Gasteiger partial charge in [-0.2, -0.15) is 0 Å². The second-order valence-corrected chi connectivity index (χ2v) is 6.76. The van der Waals surface area contributed by atoms with Crippen LogP contribution < -0.4 is 0 Å². The van der Waals surface area contributed by atoms with E-state index in [4.69, 9.17) is 4.74 Å². The van der Waals surface area contributed by atoms with Crippen LogP contribution in [0, 0.1) is 5.92 Å². The van der Waals surface area contributed by atoms with E-state index in [-0.39, 0.29) is 11.9 Å². The molecule has 2 N–H and O–H groups in total. The zero-order chi connectivity index (χ0) is 14.6. The third-order valence-electron chi connectivity index (χ3n) is 5.31. The quantitative estimate of drug-likeness (QED) is 0.736. The SMILES string of the molecule is COC(=O)CCC(CC1(O)CCCC1)C1(O)CCCC1. The van der Waals surface area contributed by atoms with Crippen LogP contribution in [-0.2, 0) is 9.53 Å². The molecule has 20 heavy (non-hydrogen) atoms. The van der Waals surface area contributed by atoms with Gasteiger partial charge in [0.25, 0.3) is 0 Å². The summed E-state index contributed by atoms with van der Waals surface area (Å²) < 4.78 is 4.71. The first-order chi connectivity index (χ1) is 9.47. The summed E-state index contributed by atoms with van der Waals surface area (Å²) in [6, 6.07) is 0. The van der Waals surface area contributed by atoms with Gasteiger partial charge in [0.2, 0.25) is 0 Å². The van der Waals surface area contributed by atoms with Crippen LogP contribution in [0.2, 0.25) is 0 Å². The molecule has 116 valence electrons. The number of esters is 1. The monoisotopic (exact) mass is 284 g/mol. The fraction of sp³-hybridized carbons (Fsp3) is 0.938. The van der Waals surface area contributed by atoms with Crippen LogP contribution in [0.4, 0.5) is 0 Å². The molecule has 2 aliphatic carbocycles. The van der Waals surface area contributed by atoms with E-state index in [0.717, 1.165) is 51.4 Å². The van der Waals surface area contributed by atoms with Crippen molar-refractivity contribution in [3.63, 3.8) is 0 Å². The summed E-state index contributed by atoms with van der Waals surface area (Å²) in [4.78, 5) is 11.4. The standard InChI is InChI=1S/C16H28O4/c1-20-14(17)7-6-13(16(19)10-4-5-11-16)12-15(18)8-2-3-9-15/h13,18-19H,2-12H2,1H3. The van der Waals surface area contributed by atoms with Gasteiger partial charge in [0.1, 0.15) is 0 Å². The highest BCUT2D eigenvalue weighted by molar-refractivity contribution is 5.69. The van der Waals surface area contributed by atoms with E-state index < -0.39 is 11.2 Å². The first-order valence-electron chi connectivity index (χ1n) is 7.99. The summed E-state index contributed by atoms with van der Waals surface area (Å²) in [6.45, 7) is 0. The highest BCUT2D eigenvalue weighted by Crippen LogP contribution is 2.45. The number of hydrogen-bond donors (Lipinski definition) is 2. The molecule has 0 aromatic carbocycles. The number of ether oxygens (including phenoxy) is 1. The van der Waals surface area contributed by atoms with Gasteiger partial charge in [0.05, 0.1) is 18.3 Å². The van der Waals surface area contributed by atoms with Crippen LogP contribution in [0.1, 0.15) is 70.6 Å². The van der Waals surface area contributed by atoms with Gasteiger partial charge in [-0.15, -0.1) is 0 Å². The predicted molar refractivity (Wildman–Crippen MR) is 76.2 cm³/mol. The molecule has 2 saturated carbocycles. The average molecular weight is 284 g/mol. The van der Waals surface area contributed by atoms with Crippen molar-refractivity contribution < 1.29 is 19.7 Å². The van der Waals surface area contributed by atoms with Gasteiger partial charge in [-0.25, -0.2) is 0 Å². The maximum absolute atomic E-state index is 11.4. The number of hydrogen-bond acceptors (Lipinski definition) is 4. The molecule has 0 saturated heterocycles. The number of carbonyl (C=O) groups excluding carboxylic acids is 1. The van der Waals surface area contributed by atoms with Gasteiger partial charge >= 0.3 is 5.97 Å². The van der Waals surface area contributed by atoms with E-state index in [1.54, 1.807) is 0 Å². The molecule has 0 heterocycles. The third kappa shape index (κ3) is 3.73. The van der Waals surface area contributed by atoms with Crippen molar-refractivity contribution in [1.29, 1.82) is 0 Å². The molecule has 1 atom stereocenters. The molecule has 0 radical (unpaired) electrons. The van der Waals surface area contributed by atoms with Crippen molar-refractivity contribution in [1.82, 2.24) is 0 Å². The Morgan fingerprint density at radius 1 is 1.10 bits per heavy atom. The van der Waals surface area contributed by atoms with Gasteiger partial charge < -0.3 is 14.9 Å². The summed E-state index contributed by atoms with van der Waals surface area (Å²) in [5.41, 5.74) is -1.31. The summed E-state index contributed by atoms with van der Waals surface area (Å²) in [5.74, 6) is -0.220. The second kappa shape index (κ2) is 6.44. The molecule has 0 spiro atoms. The maximum Gasteiger partial charge on any atom is 0.305 e. The highest BCUT2D eigenvalue weighted by Gasteiger charge is 2.44. The van der Waals surface area contributed by atoms with Crippen molar-refractivity contribution in [2.24, 2.45) is 5.92 Å². The minimum absolute atomic E-state index is 0.00667. The van der Waals surface area contributed by atoms with Gasteiger partial charge in [0.15, 0.2) is 0 Å². The third-order valence-corrected chi connectivity index (χ3v) is 5.31. The molecule has 0 amide bonds. The van der Waals surface area contributed by atoms with Crippen molar-refractivity contribution in [3.05, 3.63) is 0 Å². The van der Waals surface area contributed by atoms with Crippen LogP contribution in [0.15, 0.2) is 0 Å². The molecular weight excluding hydrogens is 256 g/mol. The summed E-state index contributed by atoms with van der Waals surface area (Å²) in [6.07, 6.45) is 9.07. The smallest absolute Gasteiger partial charge is 0.305 e. The lowest BCUT2D eigenvalue weighted by Crippen LogP contribution is -2.41. The van der Waals surface area contributed by atoms with Crippen molar-refractivity contribution in [2.45, 2.75) is 81.8 Å². The lowest BCUT2D eigenvalue weighted by Gasteiger charge is -2.37. The van der Waals surface area contributed by atoms with E-state index in [1.165, 1.54) is 7.11 Å². The molecule has 4 heteroatoms. The minimum Gasteiger partial charge on any atom is -0.469 e. The Kier molecular flexibility index (Phi) is 5.08. The number of methoxy groups -OCH3 is 1. The molecule has 1 unspecified atom stereocenters. The Labute approximate surface area is 121 Å². The van der Waals surface area contributed by atoms with E-state index in [2.05, 4.69) is 0 Å². The highest BCUT2D eigenvalue weighted by atomic mass is 16.5. The van der Waals surface area contributed by atoms with Crippen LogP contribution in [0.5, 0.6) is 0 Å². The summed E-state index contributed by atoms with van der Waals surface area (Å²) in [5, 5.41) is 21.5. The first kappa shape index (κ1) is 15.8. The summed E-state index contributed by atoms with van der Waals surface area (Å²) >= 11 is 0. The molecule has 4 nitrogen and oxygen atoms in total. The van der Waals surface area contributed by atoms with Gasteiger partial charge in [0, 0.05) is 6.42 Å². The Bertz CT molecular complexity index is 327. The zero-order valence-corrected chi connectivity index (χ0v) is 12.6. The number of carbonyl (C=O) groups is 1. The van der Waals surface area contributed by atoms with Crippen molar-refractivity contribution >= 4 is 5.97 Å². The lowest BCUT2D eigenvalue weighted by atomic mass is 9.75. The fourth-order valence-corrected chi connectivity index (χ4v) is 4.05. The number of rotatable bonds is 6. The molecule has 2 aliphatic rings. The van der Waals surface area contributed by atoms with Crippen LogP contribution in [-0.4, -0.2) is 34.5 Å². The number of aliphatic hydroxyl groups is 2. The Hall–Kier alpha value is -0.610. The van der Waals surface area contributed by atoms with Gasteiger partial charge in [-0.05, 0) is 44.4 Å². The Balaban J connectivity index is 2.01. The van der Waals surface area contributed by atoms with E-state index in [1.807, 2.05) is 0 Å². The second-order valence-electron chi connectivity index (χ2n) is 6.76. The predicted octanol–water partition coefficient (Wildman–Crippen LogP) is 2.56. The molecule has 0 bridgehead atoms. The van der Waals surface area contributed by atoms with E-state index in [9.17, 15) is 15.0 Å². The summed E-state index contributed by atoms with van der Waals surface area (Å²) in [7, 11) is 1.39. The molecule has 2 fully saturated rings. The van der Waals surface area contributed by atoms with Crippen LogP contribution >= 0.6 is 0 Å². The molecule has 2 rings (SSSR count). The van der Waals surface area contributed by atoms with E-state index >= 15 is 0 Å². The average Bonchev–Trinajstić information content (AvgIpc) is 3.04. The molecule has 0 aliphatic heterocycles. The normalized spacial score (nSPS) is 25.6. The van der Waals surface area contributed by atoms with Crippen LogP contribution in [0.3, 0.4) is 0 Å². The van der Waals surface area contributed by atoms with E-state index in [0.29, 0.717) is 19.3 Å². The van der Waals surface area contributed by atoms with Gasteiger partial charge in [-0.1, -0.05) is 25.7 Å². The topological polar surface area (TPSA) is 66.8 Å². The molecule has 0 aromatic heterocycles. The van der Waals surface area contributed by atoms with Gasteiger partial charge in [-0.3, -0.25) is 4.79 Å². The maximum atomic E-state index is 11.4. The fourth-order valence-electron chi connectivity index (χ4n) is 4.05. The first-order valence-corrected chi connectivity index (χ1v) is 7.99. The van der Waals surface area contributed by atoms with Crippen molar-refractivity contribution in [3.8, 4) is 0 Å². The zero-order valence-electron chi connectivity index (χ0n) is 12.6. The van der Waals surface area contributed by atoms with Crippen molar-refractivity contribution in [2.75, 3.05) is 7.11 Å².